The Kier molecular flexibility index (Phi) is 3.27. The maximum absolute atomic E-state index is 11.5. The molecule has 0 spiro atoms. The minimum atomic E-state index is -0.824. The lowest BCUT2D eigenvalue weighted by atomic mass is 9.84. The Morgan fingerprint density at radius 1 is 1.48 bits per heavy atom. The van der Waals surface area contributed by atoms with Crippen LogP contribution in [-0.4, -0.2) is 27.0 Å². The van der Waals surface area contributed by atoms with Gasteiger partial charge >= 0.3 is 11.7 Å². The first kappa shape index (κ1) is 13.8. The van der Waals surface area contributed by atoms with Gasteiger partial charge in [0.15, 0.2) is 0 Å². The van der Waals surface area contributed by atoms with Gasteiger partial charge in [0.25, 0.3) is 0 Å². The molecule has 2 bridgehead atoms. The molecule has 0 aromatic carbocycles. The Morgan fingerprint density at radius 2 is 2.19 bits per heavy atom. The summed E-state index contributed by atoms with van der Waals surface area (Å²) in [5.41, 5.74) is 0.456. The fourth-order valence-corrected chi connectivity index (χ4v) is 3.90. The van der Waals surface area contributed by atoms with Crippen LogP contribution < -0.4 is 5.32 Å². The minimum Gasteiger partial charge on any atom is -0.481 e. The summed E-state index contributed by atoms with van der Waals surface area (Å²) in [7, 11) is 0. The summed E-state index contributed by atoms with van der Waals surface area (Å²) in [5, 5.41) is 23.7. The van der Waals surface area contributed by atoms with Crippen molar-refractivity contribution in [2.75, 3.05) is 5.32 Å². The maximum atomic E-state index is 11.5. The van der Waals surface area contributed by atoms with Gasteiger partial charge in [0.2, 0.25) is 5.82 Å². The third-order valence-corrected chi connectivity index (χ3v) is 4.81. The Hall–Kier alpha value is -2.18. The molecule has 21 heavy (non-hydrogen) atoms. The van der Waals surface area contributed by atoms with Crippen LogP contribution in [0.3, 0.4) is 0 Å². The van der Waals surface area contributed by atoms with E-state index < -0.39 is 16.8 Å². The molecule has 0 saturated heterocycles. The lowest BCUT2D eigenvalue weighted by molar-refractivity contribution is -0.384. The predicted molar refractivity (Wildman–Crippen MR) is 75.0 cm³/mol. The summed E-state index contributed by atoms with van der Waals surface area (Å²) < 4.78 is 0. The van der Waals surface area contributed by atoms with E-state index in [4.69, 9.17) is 0 Å². The average Bonchev–Trinajstić information content (AvgIpc) is 2.98. The van der Waals surface area contributed by atoms with Gasteiger partial charge in [-0.15, -0.1) is 0 Å². The molecule has 0 amide bonds. The van der Waals surface area contributed by atoms with Gasteiger partial charge in [-0.05, 0) is 44.1 Å². The van der Waals surface area contributed by atoms with Gasteiger partial charge in [-0.2, -0.15) is 0 Å². The molecule has 2 aliphatic rings. The molecule has 2 saturated carbocycles. The van der Waals surface area contributed by atoms with Crippen molar-refractivity contribution < 1.29 is 14.8 Å². The van der Waals surface area contributed by atoms with E-state index in [1.54, 1.807) is 13.0 Å². The van der Waals surface area contributed by atoms with Crippen molar-refractivity contribution in [2.45, 2.75) is 32.2 Å². The number of nitro groups is 1. The number of carboxylic acids is 1. The number of aryl methyl sites for hydroxylation is 1. The van der Waals surface area contributed by atoms with E-state index in [0.717, 1.165) is 19.3 Å². The largest absolute Gasteiger partial charge is 0.481 e. The summed E-state index contributed by atoms with van der Waals surface area (Å²) in [6, 6.07) is 1.31. The third-order valence-electron chi connectivity index (χ3n) is 4.81. The summed E-state index contributed by atoms with van der Waals surface area (Å²) in [6.07, 6.45) is 4.30. The van der Waals surface area contributed by atoms with E-state index in [2.05, 4.69) is 10.3 Å². The number of hydrogen-bond acceptors (Lipinski definition) is 5. The van der Waals surface area contributed by atoms with Crippen molar-refractivity contribution >= 4 is 17.5 Å². The Balaban J connectivity index is 1.92. The SMILES string of the molecule is Cc1ccnc(NC2C3CCC(C3)C2C(=O)O)c1[N+](=O)[O-]. The van der Waals surface area contributed by atoms with E-state index in [9.17, 15) is 20.0 Å². The first-order valence-electron chi connectivity index (χ1n) is 7.08. The second-order valence-corrected chi connectivity index (χ2v) is 5.95. The second kappa shape index (κ2) is 4.98. The molecule has 7 heteroatoms. The molecule has 2 N–H and O–H groups in total. The topological polar surface area (TPSA) is 105 Å². The van der Waals surface area contributed by atoms with Crippen LogP contribution in [0.15, 0.2) is 12.3 Å². The molecular formula is C14H17N3O4. The summed E-state index contributed by atoms with van der Waals surface area (Å²) in [4.78, 5) is 26.3. The molecule has 4 atom stereocenters. The highest BCUT2D eigenvalue weighted by molar-refractivity contribution is 5.73. The molecular weight excluding hydrogens is 274 g/mol. The number of hydrogen-bond donors (Lipinski definition) is 2. The zero-order valence-corrected chi connectivity index (χ0v) is 11.7. The van der Waals surface area contributed by atoms with E-state index in [0.29, 0.717) is 5.56 Å². The molecule has 0 aliphatic heterocycles. The van der Waals surface area contributed by atoms with Gasteiger partial charge in [-0.1, -0.05) is 0 Å². The quantitative estimate of drug-likeness (QED) is 0.650. The van der Waals surface area contributed by atoms with E-state index >= 15 is 0 Å². The fraction of sp³-hybridized carbons (Fsp3) is 0.571. The van der Waals surface area contributed by atoms with Gasteiger partial charge in [-0.3, -0.25) is 14.9 Å². The number of pyridine rings is 1. The monoisotopic (exact) mass is 291 g/mol. The Labute approximate surface area is 121 Å². The van der Waals surface area contributed by atoms with Crippen molar-refractivity contribution in [3.05, 3.63) is 27.9 Å². The van der Waals surface area contributed by atoms with Gasteiger partial charge in [0.05, 0.1) is 10.8 Å². The normalized spacial score (nSPS) is 30.3. The van der Waals surface area contributed by atoms with E-state index in [-0.39, 0.29) is 29.4 Å². The van der Waals surface area contributed by atoms with Crippen LogP contribution in [0.1, 0.15) is 24.8 Å². The van der Waals surface area contributed by atoms with Crippen molar-refractivity contribution in [3.63, 3.8) is 0 Å². The number of anilines is 1. The molecule has 0 radical (unpaired) electrons. The van der Waals surface area contributed by atoms with Crippen LogP contribution in [0.4, 0.5) is 11.5 Å². The maximum Gasteiger partial charge on any atom is 0.314 e. The second-order valence-electron chi connectivity index (χ2n) is 5.95. The van der Waals surface area contributed by atoms with Crippen LogP contribution in [0.5, 0.6) is 0 Å². The lowest BCUT2D eigenvalue weighted by Gasteiger charge is -2.29. The number of aromatic nitrogens is 1. The van der Waals surface area contributed by atoms with Crippen molar-refractivity contribution in [2.24, 2.45) is 17.8 Å². The fourth-order valence-electron chi connectivity index (χ4n) is 3.90. The third kappa shape index (κ3) is 2.22. The van der Waals surface area contributed by atoms with Crippen molar-refractivity contribution in [3.8, 4) is 0 Å². The van der Waals surface area contributed by atoms with E-state index in [1.165, 1.54) is 6.20 Å². The number of carbonyl (C=O) groups is 1. The number of nitrogens with one attached hydrogen (secondary N) is 1. The van der Waals surface area contributed by atoms with Crippen LogP contribution >= 0.6 is 0 Å². The van der Waals surface area contributed by atoms with Crippen molar-refractivity contribution in [1.82, 2.24) is 4.98 Å². The zero-order valence-electron chi connectivity index (χ0n) is 11.7. The molecule has 1 heterocycles. The molecule has 4 unspecified atom stereocenters. The zero-order chi connectivity index (χ0) is 15.1. The molecule has 3 rings (SSSR count). The Bertz CT molecular complexity index is 604. The number of fused-ring (bicyclic) bond motifs is 2. The van der Waals surface area contributed by atoms with Gasteiger partial charge in [0, 0.05) is 17.8 Å². The molecule has 1 aromatic rings. The number of aliphatic carboxylic acids is 1. The number of nitrogens with zero attached hydrogens (tertiary/aromatic N) is 2. The average molecular weight is 291 g/mol. The van der Waals surface area contributed by atoms with Crippen molar-refractivity contribution in [1.29, 1.82) is 0 Å². The molecule has 2 aliphatic carbocycles. The van der Waals surface area contributed by atoms with Gasteiger partial charge in [0.1, 0.15) is 0 Å². The van der Waals surface area contributed by atoms with Gasteiger partial charge < -0.3 is 10.4 Å². The van der Waals surface area contributed by atoms with Gasteiger partial charge in [-0.25, -0.2) is 4.98 Å². The molecule has 2 fully saturated rings. The summed E-state index contributed by atoms with van der Waals surface area (Å²) in [5.74, 6) is -0.684. The smallest absolute Gasteiger partial charge is 0.314 e. The lowest BCUT2D eigenvalue weighted by Crippen LogP contribution is -2.39. The van der Waals surface area contributed by atoms with E-state index in [1.807, 2.05) is 0 Å². The Morgan fingerprint density at radius 3 is 2.86 bits per heavy atom. The summed E-state index contributed by atoms with van der Waals surface area (Å²) in [6.45, 7) is 1.65. The van der Waals surface area contributed by atoms with Crippen LogP contribution in [0.2, 0.25) is 0 Å². The van der Waals surface area contributed by atoms with Crippen LogP contribution in [-0.2, 0) is 4.79 Å². The highest BCUT2D eigenvalue weighted by Gasteiger charge is 2.51. The summed E-state index contributed by atoms with van der Waals surface area (Å²) >= 11 is 0. The first-order chi connectivity index (χ1) is 9.99. The first-order valence-corrected chi connectivity index (χ1v) is 7.08. The highest BCUT2D eigenvalue weighted by atomic mass is 16.6. The molecule has 7 nitrogen and oxygen atoms in total. The minimum absolute atomic E-state index is 0.0654. The number of carboxylic acid groups (broad SMARTS) is 1. The molecule has 1 aromatic heterocycles. The highest BCUT2D eigenvalue weighted by Crippen LogP contribution is 2.50. The number of rotatable bonds is 4. The van der Waals surface area contributed by atoms with Crippen LogP contribution in [0, 0.1) is 34.8 Å². The predicted octanol–water partition coefficient (Wildman–Crippen LogP) is 2.21. The standard InChI is InChI=1S/C14H17N3O4/c1-7-4-5-15-13(12(7)17(20)21)16-11-9-3-2-8(6-9)10(11)14(18)19/h4-5,8-11H,2-3,6H2,1H3,(H,15,16)(H,18,19). The van der Waals surface area contributed by atoms with Crippen LogP contribution in [0.25, 0.3) is 0 Å². The molecule has 112 valence electrons.